The summed E-state index contributed by atoms with van der Waals surface area (Å²) in [5, 5.41) is 3.73. The van der Waals surface area contributed by atoms with Gasteiger partial charge in [0.15, 0.2) is 0 Å². The average molecular weight is 455 g/mol. The summed E-state index contributed by atoms with van der Waals surface area (Å²) in [6, 6.07) is 9.71. The van der Waals surface area contributed by atoms with E-state index in [4.69, 9.17) is 11.6 Å². The molecular formula is C25H31ClN4O2. The quantitative estimate of drug-likeness (QED) is 0.710. The first-order valence-corrected chi connectivity index (χ1v) is 11.9. The van der Waals surface area contributed by atoms with Gasteiger partial charge in [-0.3, -0.25) is 14.5 Å². The van der Waals surface area contributed by atoms with E-state index in [9.17, 15) is 9.59 Å². The normalized spacial score (nSPS) is 20.0. The molecule has 1 aromatic carbocycles. The molecule has 32 heavy (non-hydrogen) atoms. The number of nitrogens with one attached hydrogen (secondary N) is 1. The second-order valence-electron chi connectivity index (χ2n) is 8.84. The van der Waals surface area contributed by atoms with Crippen LogP contribution in [0.4, 0.5) is 5.82 Å². The van der Waals surface area contributed by atoms with E-state index in [0.29, 0.717) is 18.7 Å². The van der Waals surface area contributed by atoms with Crippen LogP contribution in [-0.2, 0) is 22.6 Å². The standard InChI is InChI=1S/C25H31ClN4O2/c1-3-18-8-11-27-23(15-18)28-25(32)22-6-7-24(31)30(22)20-9-12-29(13-10-20)16-19-4-5-21(26)17(2)14-19/h4-5,8,11,14-15,20,22H,3,6-7,9-10,12-13,16H2,1-2H3,(H,27,28,32)/t22-/m1/s1. The Morgan fingerprint density at radius 1 is 1.16 bits per heavy atom. The number of hydrogen-bond donors (Lipinski definition) is 1. The molecule has 170 valence electrons. The van der Waals surface area contributed by atoms with Crippen LogP contribution in [0.5, 0.6) is 0 Å². The van der Waals surface area contributed by atoms with Gasteiger partial charge in [0.1, 0.15) is 11.9 Å². The zero-order chi connectivity index (χ0) is 22.7. The lowest BCUT2D eigenvalue weighted by Gasteiger charge is -2.39. The first-order valence-electron chi connectivity index (χ1n) is 11.5. The number of aryl methyl sites for hydroxylation is 2. The van der Waals surface area contributed by atoms with Crippen molar-refractivity contribution < 1.29 is 9.59 Å². The Hall–Kier alpha value is -2.44. The van der Waals surface area contributed by atoms with Crippen LogP contribution in [0.2, 0.25) is 5.02 Å². The summed E-state index contributed by atoms with van der Waals surface area (Å²) < 4.78 is 0. The largest absolute Gasteiger partial charge is 0.328 e. The zero-order valence-electron chi connectivity index (χ0n) is 18.8. The molecule has 6 nitrogen and oxygen atoms in total. The lowest BCUT2D eigenvalue weighted by atomic mass is 10.0. The molecule has 1 atom stereocenters. The van der Waals surface area contributed by atoms with Crippen molar-refractivity contribution in [3.05, 3.63) is 58.2 Å². The highest BCUT2D eigenvalue weighted by atomic mass is 35.5. The minimum Gasteiger partial charge on any atom is -0.328 e. The number of anilines is 1. The van der Waals surface area contributed by atoms with Crippen LogP contribution in [0.25, 0.3) is 0 Å². The van der Waals surface area contributed by atoms with Gasteiger partial charge in [-0.25, -0.2) is 4.98 Å². The predicted octanol–water partition coefficient (Wildman–Crippen LogP) is 4.20. The minimum absolute atomic E-state index is 0.0900. The molecule has 1 N–H and O–H groups in total. The van der Waals surface area contributed by atoms with E-state index in [1.54, 1.807) is 6.20 Å². The van der Waals surface area contributed by atoms with E-state index in [1.807, 2.05) is 30.0 Å². The molecule has 2 saturated heterocycles. The van der Waals surface area contributed by atoms with Gasteiger partial charge in [0, 0.05) is 43.3 Å². The van der Waals surface area contributed by atoms with Crippen LogP contribution in [0, 0.1) is 6.92 Å². The Morgan fingerprint density at radius 2 is 1.94 bits per heavy atom. The molecule has 2 amide bonds. The van der Waals surface area contributed by atoms with Gasteiger partial charge in [-0.15, -0.1) is 0 Å². The lowest BCUT2D eigenvalue weighted by Crippen LogP contribution is -2.51. The number of benzene rings is 1. The van der Waals surface area contributed by atoms with Gasteiger partial charge in [0.05, 0.1) is 0 Å². The molecule has 4 rings (SSSR count). The van der Waals surface area contributed by atoms with Crippen molar-refractivity contribution in [1.29, 1.82) is 0 Å². The van der Waals surface area contributed by atoms with Crippen LogP contribution in [-0.4, -0.2) is 51.8 Å². The fourth-order valence-electron chi connectivity index (χ4n) is 4.81. The number of hydrogen-bond acceptors (Lipinski definition) is 4. The fraction of sp³-hybridized carbons (Fsp3) is 0.480. The molecule has 2 aliphatic rings. The Labute approximate surface area is 195 Å². The van der Waals surface area contributed by atoms with Crippen molar-refractivity contribution in [2.75, 3.05) is 18.4 Å². The van der Waals surface area contributed by atoms with Crippen LogP contribution in [0.1, 0.15) is 49.3 Å². The van der Waals surface area contributed by atoms with Gasteiger partial charge in [0.2, 0.25) is 11.8 Å². The van der Waals surface area contributed by atoms with Crippen LogP contribution in [0.15, 0.2) is 36.5 Å². The summed E-state index contributed by atoms with van der Waals surface area (Å²) in [4.78, 5) is 34.2. The molecule has 0 saturated carbocycles. The number of carbonyl (C=O) groups excluding carboxylic acids is 2. The predicted molar refractivity (Wildman–Crippen MR) is 127 cm³/mol. The molecule has 0 spiro atoms. The first kappa shape index (κ1) is 22.7. The van der Waals surface area contributed by atoms with Crippen molar-refractivity contribution >= 4 is 29.2 Å². The summed E-state index contributed by atoms with van der Waals surface area (Å²) in [5.41, 5.74) is 3.47. The molecular weight excluding hydrogens is 424 g/mol. The van der Waals surface area contributed by atoms with E-state index < -0.39 is 6.04 Å². The monoisotopic (exact) mass is 454 g/mol. The number of amides is 2. The summed E-state index contributed by atoms with van der Waals surface area (Å²) >= 11 is 6.15. The van der Waals surface area contributed by atoms with Gasteiger partial charge in [-0.05, 0) is 67.5 Å². The summed E-state index contributed by atoms with van der Waals surface area (Å²) in [7, 11) is 0. The second-order valence-corrected chi connectivity index (χ2v) is 9.25. The SMILES string of the molecule is CCc1ccnc(NC(=O)[C@H]2CCC(=O)N2C2CCN(Cc3ccc(Cl)c(C)c3)CC2)c1. The van der Waals surface area contributed by atoms with E-state index in [2.05, 4.69) is 34.3 Å². The van der Waals surface area contributed by atoms with Crippen LogP contribution >= 0.6 is 11.6 Å². The molecule has 2 aromatic rings. The average Bonchev–Trinajstić information content (AvgIpc) is 3.18. The number of halogens is 1. The third-order valence-corrected chi connectivity index (χ3v) is 7.05. The topological polar surface area (TPSA) is 65.5 Å². The molecule has 0 aliphatic carbocycles. The zero-order valence-corrected chi connectivity index (χ0v) is 19.6. The van der Waals surface area contributed by atoms with Crippen LogP contribution in [0.3, 0.4) is 0 Å². The molecule has 0 bridgehead atoms. The number of aromatic nitrogens is 1. The summed E-state index contributed by atoms with van der Waals surface area (Å²) in [6.07, 6.45) is 5.36. The molecule has 7 heteroatoms. The van der Waals surface area contributed by atoms with Gasteiger partial charge in [-0.2, -0.15) is 0 Å². The number of carbonyl (C=O) groups is 2. The maximum atomic E-state index is 13.0. The van der Waals surface area contributed by atoms with Crippen LogP contribution < -0.4 is 5.32 Å². The van der Waals surface area contributed by atoms with E-state index in [-0.39, 0.29) is 17.9 Å². The smallest absolute Gasteiger partial charge is 0.248 e. The highest BCUT2D eigenvalue weighted by Crippen LogP contribution is 2.29. The van der Waals surface area contributed by atoms with Gasteiger partial charge in [-0.1, -0.05) is 30.7 Å². The summed E-state index contributed by atoms with van der Waals surface area (Å²) in [5.74, 6) is 0.518. The maximum absolute atomic E-state index is 13.0. The van der Waals surface area contributed by atoms with Crippen molar-refractivity contribution in [1.82, 2.24) is 14.8 Å². The Morgan fingerprint density at radius 3 is 2.66 bits per heavy atom. The highest BCUT2D eigenvalue weighted by Gasteiger charge is 2.41. The number of rotatable bonds is 6. The van der Waals surface area contributed by atoms with Gasteiger partial charge < -0.3 is 10.2 Å². The third-order valence-electron chi connectivity index (χ3n) is 6.62. The van der Waals surface area contributed by atoms with E-state index >= 15 is 0 Å². The van der Waals surface area contributed by atoms with Gasteiger partial charge in [0.25, 0.3) is 0 Å². The first-order chi connectivity index (χ1) is 15.4. The number of nitrogens with zero attached hydrogens (tertiary/aromatic N) is 3. The Bertz CT molecular complexity index is 988. The highest BCUT2D eigenvalue weighted by molar-refractivity contribution is 6.31. The number of likely N-dealkylation sites (tertiary alicyclic amines) is 2. The molecule has 1 aromatic heterocycles. The molecule has 2 aliphatic heterocycles. The van der Waals surface area contributed by atoms with Crippen molar-refractivity contribution in [3.63, 3.8) is 0 Å². The third kappa shape index (κ3) is 5.13. The van der Waals surface area contributed by atoms with Crippen molar-refractivity contribution in [2.45, 2.75) is 64.6 Å². The molecule has 0 unspecified atom stereocenters. The molecule has 3 heterocycles. The summed E-state index contributed by atoms with van der Waals surface area (Å²) in [6.45, 7) is 6.78. The Balaban J connectivity index is 1.36. The van der Waals surface area contributed by atoms with E-state index in [0.717, 1.165) is 55.0 Å². The molecule has 2 fully saturated rings. The second kappa shape index (κ2) is 10.0. The van der Waals surface area contributed by atoms with E-state index in [1.165, 1.54) is 5.56 Å². The lowest BCUT2D eigenvalue weighted by molar-refractivity contribution is -0.136. The number of piperidine rings is 1. The fourth-order valence-corrected chi connectivity index (χ4v) is 4.93. The number of pyridine rings is 1. The molecule has 0 radical (unpaired) electrons. The van der Waals surface area contributed by atoms with Crippen molar-refractivity contribution in [3.8, 4) is 0 Å². The Kier molecular flexibility index (Phi) is 7.11. The minimum atomic E-state index is -0.412. The maximum Gasteiger partial charge on any atom is 0.248 e. The van der Waals surface area contributed by atoms with Crippen molar-refractivity contribution in [2.24, 2.45) is 0 Å². The van der Waals surface area contributed by atoms with Gasteiger partial charge >= 0.3 is 0 Å².